The maximum atomic E-state index is 13.6. The third-order valence-corrected chi connectivity index (χ3v) is 6.28. The van der Waals surface area contributed by atoms with Crippen LogP contribution in [-0.2, 0) is 6.54 Å². The van der Waals surface area contributed by atoms with Crippen LogP contribution in [-0.4, -0.2) is 69.7 Å². The molecule has 1 N–H and O–H groups in total. The number of benzene rings is 1. The van der Waals surface area contributed by atoms with Crippen molar-refractivity contribution < 1.29 is 14.6 Å². The molecule has 0 bridgehead atoms. The van der Waals surface area contributed by atoms with E-state index in [0.717, 1.165) is 16.8 Å². The Morgan fingerprint density at radius 3 is 2.62 bits per heavy atom. The average Bonchev–Trinajstić information content (AvgIpc) is 2.86. The lowest BCUT2D eigenvalue weighted by molar-refractivity contribution is 0.0324. The third kappa shape index (κ3) is 5.43. The number of aliphatic hydroxyl groups excluding tert-OH is 1. The number of pyridine rings is 2. The van der Waals surface area contributed by atoms with E-state index in [1.165, 1.54) is 0 Å². The molecule has 3 atom stereocenters. The van der Waals surface area contributed by atoms with E-state index in [4.69, 9.17) is 4.74 Å². The zero-order valence-corrected chi connectivity index (χ0v) is 20.0. The van der Waals surface area contributed by atoms with E-state index in [2.05, 4.69) is 21.8 Å². The van der Waals surface area contributed by atoms with Gasteiger partial charge < -0.3 is 14.7 Å². The van der Waals surface area contributed by atoms with Gasteiger partial charge in [0.25, 0.3) is 5.91 Å². The van der Waals surface area contributed by atoms with Crippen LogP contribution in [0, 0.1) is 5.92 Å². The molecule has 0 aliphatic carbocycles. The fourth-order valence-electron chi connectivity index (χ4n) is 4.25. The smallest absolute Gasteiger partial charge is 0.259 e. The normalized spacial score (nSPS) is 19.2. The molecule has 4 rings (SSSR count). The SMILES string of the molecule is C[C@H](CO)N1C[C@H](C)[C@@H](CN(C)Cc2ccccn2)Oc2ncc(-c3ccccc3)cc2C1=O. The monoisotopic (exact) mass is 460 g/mol. The lowest BCUT2D eigenvalue weighted by Crippen LogP contribution is -2.49. The molecule has 1 aliphatic heterocycles. The summed E-state index contributed by atoms with van der Waals surface area (Å²) in [6, 6.07) is 17.3. The molecule has 0 radical (unpaired) electrons. The van der Waals surface area contributed by atoms with Gasteiger partial charge in [0.15, 0.2) is 0 Å². The van der Waals surface area contributed by atoms with Gasteiger partial charge in [0.2, 0.25) is 5.88 Å². The predicted molar refractivity (Wildman–Crippen MR) is 131 cm³/mol. The second-order valence-corrected chi connectivity index (χ2v) is 9.08. The Morgan fingerprint density at radius 2 is 1.91 bits per heavy atom. The Morgan fingerprint density at radius 1 is 1.15 bits per heavy atom. The van der Waals surface area contributed by atoms with Gasteiger partial charge >= 0.3 is 0 Å². The Balaban J connectivity index is 1.65. The van der Waals surface area contributed by atoms with Crippen molar-refractivity contribution in [3.05, 3.63) is 78.2 Å². The summed E-state index contributed by atoms with van der Waals surface area (Å²) < 4.78 is 6.40. The number of aliphatic hydroxyl groups is 1. The van der Waals surface area contributed by atoms with Crippen molar-refractivity contribution in [1.82, 2.24) is 19.8 Å². The van der Waals surface area contributed by atoms with Crippen molar-refractivity contribution in [1.29, 1.82) is 0 Å². The second-order valence-electron chi connectivity index (χ2n) is 9.08. The number of hydrogen-bond acceptors (Lipinski definition) is 6. The van der Waals surface area contributed by atoms with E-state index in [-0.39, 0.29) is 30.6 Å². The van der Waals surface area contributed by atoms with Gasteiger partial charge in [-0.15, -0.1) is 0 Å². The van der Waals surface area contributed by atoms with E-state index in [1.807, 2.05) is 68.6 Å². The first-order valence-corrected chi connectivity index (χ1v) is 11.7. The number of hydrogen-bond donors (Lipinski definition) is 1. The first kappa shape index (κ1) is 23.9. The number of rotatable bonds is 7. The van der Waals surface area contributed by atoms with E-state index in [9.17, 15) is 9.90 Å². The summed E-state index contributed by atoms with van der Waals surface area (Å²) in [5.41, 5.74) is 3.24. The largest absolute Gasteiger partial charge is 0.472 e. The molecule has 7 nitrogen and oxygen atoms in total. The number of ether oxygens (including phenoxy) is 1. The molecule has 7 heteroatoms. The fourth-order valence-corrected chi connectivity index (χ4v) is 4.25. The van der Waals surface area contributed by atoms with Crippen LogP contribution in [0.4, 0.5) is 0 Å². The molecule has 0 fully saturated rings. The lowest BCUT2D eigenvalue weighted by Gasteiger charge is -2.37. The molecule has 178 valence electrons. The van der Waals surface area contributed by atoms with Crippen LogP contribution in [0.2, 0.25) is 0 Å². The number of likely N-dealkylation sites (N-methyl/N-ethyl adjacent to an activating group) is 1. The van der Waals surface area contributed by atoms with Crippen molar-refractivity contribution >= 4 is 5.91 Å². The molecule has 0 unspecified atom stereocenters. The van der Waals surface area contributed by atoms with Gasteiger partial charge in [-0.05, 0) is 37.7 Å². The van der Waals surface area contributed by atoms with Crippen LogP contribution in [0.3, 0.4) is 0 Å². The molecule has 2 aromatic heterocycles. The van der Waals surface area contributed by atoms with Crippen molar-refractivity contribution in [2.45, 2.75) is 32.5 Å². The number of nitrogens with zero attached hydrogens (tertiary/aromatic N) is 4. The highest BCUT2D eigenvalue weighted by atomic mass is 16.5. The van der Waals surface area contributed by atoms with Crippen molar-refractivity contribution in [3.8, 4) is 17.0 Å². The van der Waals surface area contributed by atoms with E-state index >= 15 is 0 Å². The van der Waals surface area contributed by atoms with Gasteiger partial charge in [-0.2, -0.15) is 0 Å². The molecule has 0 saturated carbocycles. The molecular formula is C27H32N4O3. The average molecular weight is 461 g/mol. The van der Waals surface area contributed by atoms with Crippen LogP contribution in [0.25, 0.3) is 11.1 Å². The summed E-state index contributed by atoms with van der Waals surface area (Å²) in [5, 5.41) is 9.85. The Kier molecular flexibility index (Phi) is 7.55. The van der Waals surface area contributed by atoms with Crippen LogP contribution >= 0.6 is 0 Å². The molecule has 3 aromatic rings. The van der Waals surface area contributed by atoms with Gasteiger partial charge in [-0.1, -0.05) is 43.3 Å². The van der Waals surface area contributed by atoms with Gasteiger partial charge in [0.05, 0.1) is 18.3 Å². The Hall–Kier alpha value is -3.29. The molecule has 34 heavy (non-hydrogen) atoms. The molecule has 1 amide bonds. The summed E-state index contributed by atoms with van der Waals surface area (Å²) in [6.45, 7) is 5.66. The standard InChI is InChI=1S/C27H32N4O3/c1-19-15-31(20(2)18-32)27(33)24-13-22(21-9-5-4-6-10-21)14-29-26(24)34-25(19)17-30(3)16-23-11-7-8-12-28-23/h4-14,19-20,25,32H,15-18H2,1-3H3/t19-,20+,25+/m0/s1. The van der Waals surface area contributed by atoms with E-state index in [1.54, 1.807) is 17.3 Å². The van der Waals surface area contributed by atoms with Gasteiger partial charge in [0.1, 0.15) is 11.7 Å². The minimum atomic E-state index is -0.312. The summed E-state index contributed by atoms with van der Waals surface area (Å²) in [4.78, 5) is 26.5. The van der Waals surface area contributed by atoms with Gasteiger partial charge in [0, 0.05) is 43.5 Å². The first-order chi connectivity index (χ1) is 16.5. The fraction of sp³-hybridized carbons (Fsp3) is 0.370. The molecule has 0 spiro atoms. The number of fused-ring (bicyclic) bond motifs is 1. The number of carbonyl (C=O) groups excluding carboxylic acids is 1. The minimum Gasteiger partial charge on any atom is -0.472 e. The Bertz CT molecular complexity index is 1090. The van der Waals surface area contributed by atoms with Crippen molar-refractivity contribution in [3.63, 3.8) is 0 Å². The summed E-state index contributed by atoms with van der Waals surface area (Å²) >= 11 is 0. The number of carbonyl (C=O) groups is 1. The zero-order valence-electron chi connectivity index (χ0n) is 20.0. The first-order valence-electron chi connectivity index (χ1n) is 11.7. The van der Waals surface area contributed by atoms with Crippen molar-refractivity contribution in [2.75, 3.05) is 26.7 Å². The third-order valence-electron chi connectivity index (χ3n) is 6.28. The molecule has 0 saturated heterocycles. The Labute approximate surface area is 201 Å². The van der Waals surface area contributed by atoms with Gasteiger partial charge in [-0.25, -0.2) is 4.98 Å². The molecule has 3 heterocycles. The predicted octanol–water partition coefficient (Wildman–Crippen LogP) is 3.50. The van der Waals surface area contributed by atoms with Crippen molar-refractivity contribution in [2.24, 2.45) is 5.92 Å². The number of aromatic nitrogens is 2. The van der Waals surface area contributed by atoms with Gasteiger partial charge in [-0.3, -0.25) is 14.7 Å². The molecular weight excluding hydrogens is 428 g/mol. The lowest BCUT2D eigenvalue weighted by atomic mass is 9.99. The maximum absolute atomic E-state index is 13.6. The van der Waals surface area contributed by atoms with E-state index < -0.39 is 0 Å². The zero-order chi connectivity index (χ0) is 24.1. The highest BCUT2D eigenvalue weighted by molar-refractivity contribution is 5.98. The number of amides is 1. The van der Waals surface area contributed by atoms with Crippen LogP contribution < -0.4 is 4.74 Å². The highest BCUT2D eigenvalue weighted by Gasteiger charge is 2.34. The maximum Gasteiger partial charge on any atom is 0.259 e. The van der Waals surface area contributed by atoms with Crippen LogP contribution in [0.1, 0.15) is 29.9 Å². The molecule has 1 aliphatic rings. The second kappa shape index (κ2) is 10.8. The van der Waals surface area contributed by atoms with E-state index in [0.29, 0.717) is 31.1 Å². The molecule has 1 aromatic carbocycles. The van der Waals surface area contributed by atoms with Crippen LogP contribution in [0.15, 0.2) is 67.0 Å². The highest BCUT2D eigenvalue weighted by Crippen LogP contribution is 2.30. The topological polar surface area (TPSA) is 78.8 Å². The summed E-state index contributed by atoms with van der Waals surface area (Å²) in [6.07, 6.45) is 3.36. The minimum absolute atomic E-state index is 0.0351. The van der Waals surface area contributed by atoms with Crippen LogP contribution in [0.5, 0.6) is 5.88 Å². The quantitative estimate of drug-likeness (QED) is 0.582. The summed E-state index contributed by atoms with van der Waals surface area (Å²) in [7, 11) is 2.04. The summed E-state index contributed by atoms with van der Waals surface area (Å²) in [5.74, 6) is 0.199.